The number of benzene rings is 10. The van der Waals surface area contributed by atoms with E-state index >= 15 is 0 Å². The van der Waals surface area contributed by atoms with E-state index in [0.717, 1.165) is 0 Å². The van der Waals surface area contributed by atoms with Crippen molar-refractivity contribution in [1.82, 2.24) is 4.57 Å². The fourth-order valence-corrected chi connectivity index (χ4v) is 9.82. The van der Waals surface area contributed by atoms with Crippen LogP contribution in [0.2, 0.25) is 0 Å². The summed E-state index contributed by atoms with van der Waals surface area (Å²) >= 11 is 0. The molecular weight excluding hydrogens is 759 g/mol. The van der Waals surface area contributed by atoms with Gasteiger partial charge in [0.1, 0.15) is 0 Å². The lowest BCUT2D eigenvalue weighted by molar-refractivity contribution is 0.768. The van der Waals surface area contributed by atoms with E-state index in [1.54, 1.807) is 0 Å². The minimum absolute atomic E-state index is 0.435. The van der Waals surface area contributed by atoms with Gasteiger partial charge in [0.05, 0.1) is 22.1 Å². The highest BCUT2D eigenvalue weighted by Crippen LogP contribution is 2.58. The van der Waals surface area contributed by atoms with Crippen molar-refractivity contribution in [2.75, 3.05) is 0 Å². The molecule has 12 rings (SSSR count). The van der Waals surface area contributed by atoms with Crippen molar-refractivity contribution in [3.63, 3.8) is 0 Å². The highest BCUT2D eigenvalue weighted by molar-refractivity contribution is 6.11. The predicted octanol–water partition coefficient (Wildman–Crippen LogP) is 16.3. The summed E-state index contributed by atoms with van der Waals surface area (Å²) in [6.45, 7) is 6.39. The van der Waals surface area contributed by atoms with Gasteiger partial charge in [0.15, 0.2) is 0 Å². The summed E-state index contributed by atoms with van der Waals surface area (Å²) in [5.74, 6) is 0. The van der Waals surface area contributed by atoms with Crippen molar-refractivity contribution in [3.8, 4) is 27.9 Å². The molecule has 10 aromatic carbocycles. The maximum Gasteiger partial charge on any atom is 0.0714 e. The van der Waals surface area contributed by atoms with E-state index in [1.165, 1.54) is 99.5 Å². The van der Waals surface area contributed by atoms with E-state index < -0.39 is 5.41 Å². The maximum atomic E-state index is 2.51. The van der Waals surface area contributed by atoms with Gasteiger partial charge in [-0.05, 0) is 94.3 Å². The molecule has 0 atom stereocenters. The summed E-state index contributed by atoms with van der Waals surface area (Å²) in [4.78, 5) is 0. The Labute approximate surface area is 371 Å². The van der Waals surface area contributed by atoms with E-state index in [9.17, 15) is 0 Å². The third-order valence-electron chi connectivity index (χ3n) is 12.7. The Balaban J connectivity index is 0.000000216. The lowest BCUT2D eigenvalue weighted by atomic mass is 9.68. The summed E-state index contributed by atoms with van der Waals surface area (Å²) in [7, 11) is 0. The van der Waals surface area contributed by atoms with Crippen molar-refractivity contribution >= 4 is 32.6 Å². The fraction of sp³-hybridized carbons (Fsp3) is 0.0645. The Morgan fingerprint density at radius 1 is 0.349 bits per heavy atom. The van der Waals surface area contributed by atoms with Gasteiger partial charge in [-0.15, -0.1) is 0 Å². The van der Waals surface area contributed by atoms with Crippen LogP contribution in [0.15, 0.2) is 243 Å². The lowest BCUT2D eigenvalue weighted by Crippen LogP contribution is -2.28. The zero-order valence-electron chi connectivity index (χ0n) is 36.0. The van der Waals surface area contributed by atoms with Crippen LogP contribution in [0.25, 0.3) is 60.5 Å². The van der Waals surface area contributed by atoms with Crippen LogP contribution in [-0.4, -0.2) is 4.57 Å². The molecule has 0 bridgehead atoms. The van der Waals surface area contributed by atoms with E-state index in [1.807, 2.05) is 18.2 Å². The van der Waals surface area contributed by atoms with Crippen molar-refractivity contribution in [3.05, 3.63) is 282 Å². The van der Waals surface area contributed by atoms with Gasteiger partial charge in [-0.2, -0.15) is 0 Å². The highest BCUT2D eigenvalue weighted by atomic mass is 15.0. The summed E-state index contributed by atoms with van der Waals surface area (Å²) < 4.78 is 2.51. The lowest BCUT2D eigenvalue weighted by Gasteiger charge is -2.34. The zero-order chi connectivity index (χ0) is 42.8. The monoisotopic (exact) mass is 807 g/mol. The minimum atomic E-state index is -0.435. The normalized spacial score (nSPS) is 12.2. The summed E-state index contributed by atoms with van der Waals surface area (Å²) in [5, 5.41) is 5.22. The molecule has 302 valence electrons. The van der Waals surface area contributed by atoms with Crippen LogP contribution in [0.1, 0.15) is 38.9 Å². The number of para-hydroxylation sites is 1. The third kappa shape index (κ3) is 7.12. The number of hydrogen-bond acceptors (Lipinski definition) is 0. The molecule has 63 heavy (non-hydrogen) atoms. The second kappa shape index (κ2) is 17.0. The highest BCUT2D eigenvalue weighted by Gasteiger charge is 2.47. The smallest absolute Gasteiger partial charge is 0.0714 e. The Kier molecular flexibility index (Phi) is 10.6. The van der Waals surface area contributed by atoms with Gasteiger partial charge < -0.3 is 4.57 Å². The maximum absolute atomic E-state index is 2.51. The first-order valence-electron chi connectivity index (χ1n) is 21.9. The number of aromatic nitrogens is 1. The SMILES string of the molecule is Cc1cccc(-c2ccc3c4ccccc4n(-c4cccc5c4-c4ccccc4C5(c4ccccc4)c4ccccc4)c3c2)c1.Cc1cccc2ccccc12.Cc1ccccc1. The van der Waals surface area contributed by atoms with Gasteiger partial charge in [0.25, 0.3) is 0 Å². The van der Waals surface area contributed by atoms with Crippen LogP contribution in [-0.2, 0) is 5.41 Å². The molecule has 1 aliphatic rings. The molecule has 0 spiro atoms. The Morgan fingerprint density at radius 2 is 0.889 bits per heavy atom. The van der Waals surface area contributed by atoms with Crippen LogP contribution in [0.4, 0.5) is 0 Å². The van der Waals surface area contributed by atoms with Crippen LogP contribution in [0.5, 0.6) is 0 Å². The van der Waals surface area contributed by atoms with Crippen molar-refractivity contribution in [2.45, 2.75) is 26.2 Å². The molecule has 0 amide bonds. The van der Waals surface area contributed by atoms with E-state index in [2.05, 4.69) is 250 Å². The number of aryl methyl sites for hydroxylation is 3. The minimum Gasteiger partial charge on any atom is -0.309 e. The summed E-state index contributed by atoms with van der Waals surface area (Å²) in [6.07, 6.45) is 0. The van der Waals surface area contributed by atoms with Gasteiger partial charge in [-0.3, -0.25) is 0 Å². The molecule has 0 unspecified atom stereocenters. The van der Waals surface area contributed by atoms with E-state index in [0.29, 0.717) is 0 Å². The number of rotatable bonds is 4. The molecule has 1 heterocycles. The van der Waals surface area contributed by atoms with Gasteiger partial charge in [0, 0.05) is 16.3 Å². The quantitative estimate of drug-likeness (QED) is 0.167. The molecule has 0 fully saturated rings. The molecule has 0 N–H and O–H groups in total. The molecule has 0 saturated carbocycles. The Hall–Kier alpha value is -7.74. The predicted molar refractivity (Wildman–Crippen MR) is 268 cm³/mol. The van der Waals surface area contributed by atoms with Crippen molar-refractivity contribution in [1.29, 1.82) is 0 Å². The van der Waals surface area contributed by atoms with Crippen molar-refractivity contribution < 1.29 is 0 Å². The molecule has 0 saturated heterocycles. The van der Waals surface area contributed by atoms with Crippen LogP contribution >= 0.6 is 0 Å². The largest absolute Gasteiger partial charge is 0.309 e. The first-order valence-corrected chi connectivity index (χ1v) is 21.9. The third-order valence-corrected chi connectivity index (χ3v) is 12.7. The molecule has 1 aliphatic carbocycles. The van der Waals surface area contributed by atoms with Gasteiger partial charge in [-0.1, -0.05) is 236 Å². The second-order valence-electron chi connectivity index (χ2n) is 16.6. The van der Waals surface area contributed by atoms with Crippen LogP contribution in [0.3, 0.4) is 0 Å². The fourth-order valence-electron chi connectivity index (χ4n) is 9.82. The standard InChI is InChI=1S/C44H31N.C11H10.C7H8/c1-30-14-12-15-31(28-30)32-26-27-36-35-20-9-11-24-40(35)45(42(36)29-32)41-25-13-23-39-43(41)37-21-8-10-22-38(37)44(39,33-16-4-2-5-17-33)34-18-6-3-7-19-34;1-9-5-4-7-10-6-2-3-8-11(9)10;1-7-5-3-2-4-6-7/h2-29H,1H3;2-8H,1H3;2-6H,1H3. The van der Waals surface area contributed by atoms with Crippen LogP contribution < -0.4 is 0 Å². The average molecular weight is 808 g/mol. The first kappa shape index (κ1) is 39.4. The second-order valence-corrected chi connectivity index (χ2v) is 16.6. The summed E-state index contributed by atoms with van der Waals surface area (Å²) in [5.41, 5.74) is 17.4. The van der Waals surface area contributed by atoms with Gasteiger partial charge >= 0.3 is 0 Å². The molecule has 0 radical (unpaired) electrons. The van der Waals surface area contributed by atoms with Crippen LogP contribution in [0, 0.1) is 20.8 Å². The molecular formula is C62H49N. The molecule has 1 heteroatoms. The zero-order valence-corrected chi connectivity index (χ0v) is 36.0. The van der Waals surface area contributed by atoms with Gasteiger partial charge in [0.2, 0.25) is 0 Å². The molecule has 11 aromatic rings. The van der Waals surface area contributed by atoms with E-state index in [4.69, 9.17) is 0 Å². The number of hydrogen-bond donors (Lipinski definition) is 0. The molecule has 1 nitrogen and oxygen atoms in total. The number of nitrogens with zero attached hydrogens (tertiary/aromatic N) is 1. The Bertz CT molecular complexity index is 3310. The van der Waals surface area contributed by atoms with Crippen molar-refractivity contribution in [2.24, 2.45) is 0 Å². The topological polar surface area (TPSA) is 4.93 Å². The molecule has 0 aliphatic heterocycles. The first-order chi connectivity index (χ1) is 31.0. The molecule has 1 aromatic heterocycles. The van der Waals surface area contributed by atoms with Gasteiger partial charge in [-0.25, -0.2) is 0 Å². The number of fused-ring (bicyclic) bond motifs is 7. The summed E-state index contributed by atoms with van der Waals surface area (Å²) in [6, 6.07) is 87.7. The Morgan fingerprint density at radius 3 is 1.59 bits per heavy atom. The average Bonchev–Trinajstić information content (AvgIpc) is 3.84. The van der Waals surface area contributed by atoms with E-state index in [-0.39, 0.29) is 0 Å².